The topological polar surface area (TPSA) is 75.7 Å². The van der Waals surface area contributed by atoms with Crippen molar-refractivity contribution in [3.8, 4) is 5.75 Å². The molecule has 7 heteroatoms. The maximum atomic E-state index is 12.8. The van der Waals surface area contributed by atoms with Crippen LogP contribution >= 0.6 is 0 Å². The van der Waals surface area contributed by atoms with Gasteiger partial charge >= 0.3 is 0 Å². The van der Waals surface area contributed by atoms with E-state index in [-0.39, 0.29) is 11.9 Å². The second kappa shape index (κ2) is 7.47. The number of nitrogens with one attached hydrogen (secondary N) is 1. The summed E-state index contributed by atoms with van der Waals surface area (Å²) in [6.45, 7) is 4.07. The van der Waals surface area contributed by atoms with Crippen LogP contribution in [0.4, 0.5) is 5.69 Å². The van der Waals surface area contributed by atoms with Gasteiger partial charge in [-0.2, -0.15) is 0 Å². The maximum absolute atomic E-state index is 12.8. The number of ether oxygens (including phenoxy) is 1. The Labute approximate surface area is 156 Å². The molecule has 0 saturated heterocycles. The zero-order valence-corrected chi connectivity index (χ0v) is 16.5. The molecule has 0 spiro atoms. The van der Waals surface area contributed by atoms with Crippen LogP contribution in [-0.4, -0.2) is 39.3 Å². The number of carbonyl (C=O) groups excluding carboxylic acids is 1. The summed E-state index contributed by atoms with van der Waals surface area (Å²) < 4.78 is 31.3. The molecule has 1 N–H and O–H groups in total. The molecule has 0 aromatic heterocycles. The zero-order chi connectivity index (χ0) is 18.9. The summed E-state index contributed by atoms with van der Waals surface area (Å²) in [7, 11) is -3.60. The van der Waals surface area contributed by atoms with Crippen molar-refractivity contribution in [2.75, 3.05) is 17.2 Å². The maximum Gasteiger partial charge on any atom is 0.243 e. The Morgan fingerprint density at radius 2 is 1.96 bits per heavy atom. The largest absolute Gasteiger partial charge is 0.494 e. The summed E-state index contributed by atoms with van der Waals surface area (Å²) in [6, 6.07) is 6.17. The predicted octanol–water partition coefficient (Wildman–Crippen LogP) is 2.54. The van der Waals surface area contributed by atoms with Crippen LogP contribution < -0.4 is 14.4 Å². The second-order valence-electron chi connectivity index (χ2n) is 7.45. The lowest BCUT2D eigenvalue weighted by atomic mass is 9.95. The third-order valence-electron chi connectivity index (χ3n) is 5.56. The molecule has 2 aliphatic rings. The van der Waals surface area contributed by atoms with Crippen molar-refractivity contribution in [1.82, 2.24) is 5.32 Å². The number of sulfonamides is 1. The Bertz CT molecular complexity index is 747. The number of benzene rings is 1. The van der Waals surface area contributed by atoms with Gasteiger partial charge in [0.05, 0.1) is 18.6 Å². The minimum absolute atomic E-state index is 0.186. The first-order valence-electron chi connectivity index (χ1n) is 9.32. The minimum Gasteiger partial charge on any atom is -0.494 e. The average molecular weight is 381 g/mol. The first kappa shape index (κ1) is 19.0. The Morgan fingerprint density at radius 1 is 1.27 bits per heavy atom. The lowest BCUT2D eigenvalue weighted by Crippen LogP contribution is -2.51. The molecule has 2 bridgehead atoms. The van der Waals surface area contributed by atoms with Gasteiger partial charge in [-0.3, -0.25) is 9.10 Å². The lowest BCUT2D eigenvalue weighted by Gasteiger charge is -2.31. The summed E-state index contributed by atoms with van der Waals surface area (Å²) in [5, 5.41) is 3.09. The van der Waals surface area contributed by atoms with Crippen molar-refractivity contribution in [3.63, 3.8) is 0 Å². The SMILES string of the molecule is CCOc1ccc(N([C@@H](C)C(=O)N[C@@H]2C[C@@H]3CC[C@@H]2C3)S(C)(=O)=O)cc1. The molecule has 1 aromatic rings. The van der Waals surface area contributed by atoms with Crippen LogP contribution in [0.1, 0.15) is 39.5 Å². The van der Waals surface area contributed by atoms with Gasteiger partial charge in [0.15, 0.2) is 0 Å². The Hall–Kier alpha value is -1.76. The van der Waals surface area contributed by atoms with E-state index in [0.29, 0.717) is 24.0 Å². The van der Waals surface area contributed by atoms with Crippen LogP contribution in [0.15, 0.2) is 24.3 Å². The zero-order valence-electron chi connectivity index (χ0n) is 15.6. The Kier molecular flexibility index (Phi) is 5.46. The van der Waals surface area contributed by atoms with Crippen molar-refractivity contribution in [2.45, 2.75) is 51.6 Å². The smallest absolute Gasteiger partial charge is 0.243 e. The van der Waals surface area contributed by atoms with Crippen LogP contribution in [0.25, 0.3) is 0 Å². The van der Waals surface area contributed by atoms with E-state index in [9.17, 15) is 13.2 Å². The normalized spacial score (nSPS) is 25.7. The monoisotopic (exact) mass is 380 g/mol. The fourth-order valence-electron chi connectivity index (χ4n) is 4.39. The van der Waals surface area contributed by atoms with Gasteiger partial charge in [0.1, 0.15) is 11.8 Å². The number of nitrogens with zero attached hydrogens (tertiary/aromatic N) is 1. The van der Waals surface area contributed by atoms with E-state index in [1.165, 1.54) is 23.6 Å². The van der Waals surface area contributed by atoms with Crippen LogP contribution in [0.5, 0.6) is 5.75 Å². The lowest BCUT2D eigenvalue weighted by molar-refractivity contribution is -0.122. The van der Waals surface area contributed by atoms with Crippen LogP contribution in [0.3, 0.4) is 0 Å². The molecule has 26 heavy (non-hydrogen) atoms. The van der Waals surface area contributed by atoms with Gasteiger partial charge in [0.2, 0.25) is 15.9 Å². The van der Waals surface area contributed by atoms with Gasteiger partial charge in [-0.1, -0.05) is 6.42 Å². The van der Waals surface area contributed by atoms with Crippen LogP contribution in [-0.2, 0) is 14.8 Å². The number of hydrogen-bond acceptors (Lipinski definition) is 4. The van der Waals surface area contributed by atoms with Gasteiger partial charge in [-0.05, 0) is 69.2 Å². The molecule has 1 aromatic carbocycles. The van der Waals surface area contributed by atoms with Crippen molar-refractivity contribution in [3.05, 3.63) is 24.3 Å². The second-order valence-corrected chi connectivity index (χ2v) is 9.31. The van der Waals surface area contributed by atoms with Gasteiger partial charge in [-0.15, -0.1) is 0 Å². The van der Waals surface area contributed by atoms with Crippen LogP contribution in [0.2, 0.25) is 0 Å². The van der Waals surface area contributed by atoms with E-state index in [1.54, 1.807) is 31.2 Å². The number of fused-ring (bicyclic) bond motifs is 2. The van der Waals surface area contributed by atoms with E-state index < -0.39 is 16.1 Å². The molecule has 0 unspecified atom stereocenters. The summed E-state index contributed by atoms with van der Waals surface area (Å²) in [5.41, 5.74) is 0.464. The summed E-state index contributed by atoms with van der Waals surface area (Å²) >= 11 is 0. The molecule has 0 heterocycles. The van der Waals surface area contributed by atoms with Crippen LogP contribution in [0, 0.1) is 11.8 Å². The molecule has 1 amide bonds. The molecular formula is C19H28N2O4S. The number of carbonyl (C=O) groups is 1. The quantitative estimate of drug-likeness (QED) is 0.789. The highest BCUT2D eigenvalue weighted by Crippen LogP contribution is 2.44. The van der Waals surface area contributed by atoms with Gasteiger partial charge in [0.25, 0.3) is 0 Å². The fraction of sp³-hybridized carbons (Fsp3) is 0.632. The Balaban J connectivity index is 1.75. The number of rotatable bonds is 7. The van der Waals surface area contributed by atoms with Crippen molar-refractivity contribution >= 4 is 21.6 Å². The van der Waals surface area contributed by atoms with E-state index in [1.807, 2.05) is 6.92 Å². The minimum atomic E-state index is -3.60. The van der Waals surface area contributed by atoms with Crippen molar-refractivity contribution < 1.29 is 17.9 Å². The number of anilines is 1. The molecule has 2 fully saturated rings. The summed E-state index contributed by atoms with van der Waals surface area (Å²) in [6.07, 6.45) is 5.76. The first-order valence-corrected chi connectivity index (χ1v) is 11.2. The third-order valence-corrected chi connectivity index (χ3v) is 6.80. The fourth-order valence-corrected chi connectivity index (χ4v) is 5.56. The molecule has 0 radical (unpaired) electrons. The Morgan fingerprint density at radius 3 is 2.46 bits per heavy atom. The van der Waals surface area contributed by atoms with Gasteiger partial charge in [0, 0.05) is 6.04 Å². The summed E-state index contributed by atoms with van der Waals surface area (Å²) in [4.78, 5) is 12.8. The molecule has 4 atom stereocenters. The highest BCUT2D eigenvalue weighted by molar-refractivity contribution is 7.92. The molecule has 6 nitrogen and oxygen atoms in total. The molecule has 3 rings (SSSR count). The van der Waals surface area contributed by atoms with E-state index >= 15 is 0 Å². The van der Waals surface area contributed by atoms with Crippen molar-refractivity contribution in [2.24, 2.45) is 11.8 Å². The molecule has 0 aliphatic heterocycles. The number of amides is 1. The average Bonchev–Trinajstić information content (AvgIpc) is 3.18. The van der Waals surface area contributed by atoms with E-state index in [4.69, 9.17) is 4.74 Å². The first-order chi connectivity index (χ1) is 12.3. The number of hydrogen-bond donors (Lipinski definition) is 1. The molecular weight excluding hydrogens is 352 g/mol. The molecule has 144 valence electrons. The highest BCUT2D eigenvalue weighted by Gasteiger charge is 2.41. The predicted molar refractivity (Wildman–Crippen MR) is 102 cm³/mol. The standard InChI is InChI=1S/C19H28N2O4S/c1-4-25-17-9-7-16(8-10-17)21(26(3,23)24)13(2)19(22)20-18-12-14-5-6-15(18)11-14/h7-10,13-15,18H,4-6,11-12H2,1-3H3,(H,20,22)/t13-,14+,15+,18+/m0/s1. The third kappa shape index (κ3) is 3.98. The van der Waals surface area contributed by atoms with E-state index in [2.05, 4.69) is 5.32 Å². The molecule has 2 aliphatic carbocycles. The molecule has 2 saturated carbocycles. The summed E-state index contributed by atoms with van der Waals surface area (Å²) in [5.74, 6) is 1.71. The highest BCUT2D eigenvalue weighted by atomic mass is 32.2. The van der Waals surface area contributed by atoms with Crippen molar-refractivity contribution in [1.29, 1.82) is 0 Å². The van der Waals surface area contributed by atoms with Gasteiger partial charge in [-0.25, -0.2) is 8.42 Å². The van der Waals surface area contributed by atoms with E-state index in [0.717, 1.165) is 18.6 Å². The van der Waals surface area contributed by atoms with Gasteiger partial charge < -0.3 is 10.1 Å².